The molecule has 5 nitrogen and oxygen atoms in total. The van der Waals surface area contributed by atoms with E-state index in [4.69, 9.17) is 5.73 Å². The van der Waals surface area contributed by atoms with Crippen LogP contribution in [0.25, 0.3) is 0 Å². The van der Waals surface area contributed by atoms with Gasteiger partial charge in [0.2, 0.25) is 0 Å². The van der Waals surface area contributed by atoms with Crippen molar-refractivity contribution in [2.75, 3.05) is 11.9 Å². The Morgan fingerprint density at radius 2 is 2.35 bits per heavy atom. The standard InChI is InChI=1S/C14H16N4OS/c1-10(2)18-9-11(8-16-18)17-14(19)13-6-5-12(20-13)4-3-7-15/h5-6,8-10H,7,15H2,1-2H3,(H,17,19). The highest BCUT2D eigenvalue weighted by molar-refractivity contribution is 7.14. The molecular weight excluding hydrogens is 272 g/mol. The van der Waals surface area contributed by atoms with Crippen molar-refractivity contribution in [1.29, 1.82) is 0 Å². The molecule has 0 radical (unpaired) electrons. The van der Waals surface area contributed by atoms with Gasteiger partial charge < -0.3 is 11.1 Å². The van der Waals surface area contributed by atoms with Gasteiger partial charge in [-0.3, -0.25) is 9.48 Å². The number of nitrogens with zero attached hydrogens (tertiary/aromatic N) is 2. The summed E-state index contributed by atoms with van der Waals surface area (Å²) in [5.74, 6) is 5.52. The van der Waals surface area contributed by atoms with Gasteiger partial charge in [-0.05, 0) is 26.0 Å². The van der Waals surface area contributed by atoms with E-state index >= 15 is 0 Å². The minimum absolute atomic E-state index is 0.154. The number of nitrogens with two attached hydrogens (primary N) is 1. The Hall–Kier alpha value is -2.10. The third kappa shape index (κ3) is 3.47. The second-order valence-corrected chi connectivity index (χ2v) is 5.51. The Morgan fingerprint density at radius 1 is 1.55 bits per heavy atom. The second-order valence-electron chi connectivity index (χ2n) is 4.43. The third-order valence-electron chi connectivity index (χ3n) is 2.53. The number of carbonyl (C=O) groups is 1. The zero-order valence-electron chi connectivity index (χ0n) is 11.4. The number of aromatic nitrogens is 2. The van der Waals surface area contributed by atoms with E-state index in [1.54, 1.807) is 16.9 Å². The van der Waals surface area contributed by atoms with E-state index in [9.17, 15) is 4.79 Å². The monoisotopic (exact) mass is 288 g/mol. The van der Waals surface area contributed by atoms with Crippen LogP contribution < -0.4 is 11.1 Å². The Labute approximate surface area is 121 Å². The third-order valence-corrected chi connectivity index (χ3v) is 3.53. The van der Waals surface area contributed by atoms with E-state index in [0.717, 1.165) is 4.88 Å². The molecule has 0 saturated heterocycles. The molecule has 1 amide bonds. The van der Waals surface area contributed by atoms with E-state index in [0.29, 0.717) is 17.1 Å². The molecule has 20 heavy (non-hydrogen) atoms. The van der Waals surface area contributed by atoms with Gasteiger partial charge in [0.15, 0.2) is 0 Å². The summed E-state index contributed by atoms with van der Waals surface area (Å²) in [6, 6.07) is 3.84. The van der Waals surface area contributed by atoms with Crippen molar-refractivity contribution in [3.05, 3.63) is 34.3 Å². The summed E-state index contributed by atoms with van der Waals surface area (Å²) in [7, 11) is 0. The van der Waals surface area contributed by atoms with Crippen LogP contribution in [0.3, 0.4) is 0 Å². The van der Waals surface area contributed by atoms with Crippen molar-refractivity contribution >= 4 is 22.9 Å². The zero-order chi connectivity index (χ0) is 14.5. The predicted molar refractivity (Wildman–Crippen MR) is 80.8 cm³/mol. The SMILES string of the molecule is CC(C)n1cc(NC(=O)c2ccc(C#CCN)s2)cn1. The molecule has 2 aromatic heterocycles. The highest BCUT2D eigenvalue weighted by Gasteiger charge is 2.10. The van der Waals surface area contributed by atoms with Crippen LogP contribution in [0.5, 0.6) is 0 Å². The molecule has 0 atom stereocenters. The number of hydrogen-bond donors (Lipinski definition) is 2. The van der Waals surface area contributed by atoms with Crippen molar-refractivity contribution in [1.82, 2.24) is 9.78 Å². The summed E-state index contributed by atoms with van der Waals surface area (Å²) in [6.07, 6.45) is 3.45. The Balaban J connectivity index is 2.05. The fourth-order valence-electron chi connectivity index (χ4n) is 1.54. The molecule has 0 aliphatic carbocycles. The zero-order valence-corrected chi connectivity index (χ0v) is 12.2. The lowest BCUT2D eigenvalue weighted by atomic mass is 10.4. The fraction of sp³-hybridized carbons (Fsp3) is 0.286. The molecule has 0 aromatic carbocycles. The Kier molecular flexibility index (Phi) is 4.56. The lowest BCUT2D eigenvalue weighted by Gasteiger charge is -2.03. The maximum Gasteiger partial charge on any atom is 0.265 e. The summed E-state index contributed by atoms with van der Waals surface area (Å²) in [6.45, 7) is 4.37. The van der Waals surface area contributed by atoms with Gasteiger partial charge in [-0.2, -0.15) is 5.10 Å². The average Bonchev–Trinajstić information content (AvgIpc) is 3.04. The topological polar surface area (TPSA) is 72.9 Å². The highest BCUT2D eigenvalue weighted by atomic mass is 32.1. The summed E-state index contributed by atoms with van der Waals surface area (Å²) in [4.78, 5) is 13.5. The van der Waals surface area contributed by atoms with E-state index in [2.05, 4.69) is 22.3 Å². The van der Waals surface area contributed by atoms with Crippen LogP contribution in [-0.4, -0.2) is 22.2 Å². The molecule has 2 rings (SSSR count). The summed E-state index contributed by atoms with van der Waals surface area (Å²) >= 11 is 1.34. The normalized spacial score (nSPS) is 10.2. The number of amides is 1. The molecule has 2 heterocycles. The molecule has 0 spiro atoms. The molecule has 104 valence electrons. The molecule has 0 aliphatic rings. The van der Waals surface area contributed by atoms with E-state index in [1.807, 2.05) is 26.1 Å². The number of nitrogens with one attached hydrogen (secondary N) is 1. The molecule has 0 bridgehead atoms. The number of thiophene rings is 1. The largest absolute Gasteiger partial charge is 0.320 e. The van der Waals surface area contributed by atoms with Gasteiger partial charge in [-0.1, -0.05) is 11.8 Å². The summed E-state index contributed by atoms with van der Waals surface area (Å²) in [5.41, 5.74) is 6.00. The first kappa shape index (κ1) is 14.3. The quantitative estimate of drug-likeness (QED) is 0.849. The van der Waals surface area contributed by atoms with E-state index in [1.165, 1.54) is 11.3 Å². The van der Waals surface area contributed by atoms with Crippen molar-refractivity contribution in [2.45, 2.75) is 19.9 Å². The first-order chi connectivity index (χ1) is 9.60. The second kappa shape index (κ2) is 6.37. The van der Waals surface area contributed by atoms with Crippen molar-refractivity contribution in [2.24, 2.45) is 5.73 Å². The first-order valence-corrected chi connectivity index (χ1v) is 7.06. The molecule has 3 N–H and O–H groups in total. The first-order valence-electron chi connectivity index (χ1n) is 6.24. The van der Waals surface area contributed by atoms with Gasteiger partial charge >= 0.3 is 0 Å². The lowest BCUT2D eigenvalue weighted by molar-refractivity contribution is 0.103. The van der Waals surface area contributed by atoms with Gasteiger partial charge in [0.05, 0.1) is 28.2 Å². The number of carbonyl (C=O) groups excluding carboxylic acids is 1. The summed E-state index contributed by atoms with van der Waals surface area (Å²) in [5, 5.41) is 7.00. The van der Waals surface area contributed by atoms with Crippen molar-refractivity contribution in [3.63, 3.8) is 0 Å². The minimum Gasteiger partial charge on any atom is -0.320 e. The predicted octanol–water partition coefficient (Wildman–Crippen LogP) is 2.09. The fourth-order valence-corrected chi connectivity index (χ4v) is 2.32. The van der Waals surface area contributed by atoms with Crippen LogP contribution in [0.1, 0.15) is 34.4 Å². The Morgan fingerprint density at radius 3 is 3.00 bits per heavy atom. The average molecular weight is 288 g/mol. The lowest BCUT2D eigenvalue weighted by Crippen LogP contribution is -2.09. The van der Waals surface area contributed by atoms with Gasteiger partial charge in [0.1, 0.15) is 0 Å². The van der Waals surface area contributed by atoms with Gasteiger partial charge in [0.25, 0.3) is 5.91 Å². The van der Waals surface area contributed by atoms with E-state index in [-0.39, 0.29) is 11.9 Å². The van der Waals surface area contributed by atoms with Gasteiger partial charge in [-0.25, -0.2) is 0 Å². The smallest absolute Gasteiger partial charge is 0.265 e. The maximum absolute atomic E-state index is 12.1. The Bertz CT molecular complexity index is 660. The molecule has 0 saturated carbocycles. The summed E-state index contributed by atoms with van der Waals surface area (Å²) < 4.78 is 1.79. The molecule has 0 unspecified atom stereocenters. The minimum atomic E-state index is -0.154. The maximum atomic E-state index is 12.1. The van der Waals surface area contributed by atoms with Crippen LogP contribution in [0, 0.1) is 11.8 Å². The number of rotatable bonds is 3. The van der Waals surface area contributed by atoms with Crippen LogP contribution in [0.15, 0.2) is 24.5 Å². The van der Waals surface area contributed by atoms with Gasteiger partial charge in [-0.15, -0.1) is 11.3 Å². The molecular formula is C14H16N4OS. The van der Waals surface area contributed by atoms with Crippen LogP contribution in [-0.2, 0) is 0 Å². The van der Waals surface area contributed by atoms with Crippen LogP contribution in [0.4, 0.5) is 5.69 Å². The van der Waals surface area contributed by atoms with Crippen LogP contribution in [0.2, 0.25) is 0 Å². The van der Waals surface area contributed by atoms with Crippen molar-refractivity contribution < 1.29 is 4.79 Å². The van der Waals surface area contributed by atoms with E-state index < -0.39 is 0 Å². The highest BCUT2D eigenvalue weighted by Crippen LogP contribution is 2.18. The van der Waals surface area contributed by atoms with Gasteiger partial charge in [0, 0.05) is 12.2 Å². The van der Waals surface area contributed by atoms with Crippen LogP contribution >= 0.6 is 11.3 Å². The number of hydrogen-bond acceptors (Lipinski definition) is 4. The molecule has 6 heteroatoms. The molecule has 0 aliphatic heterocycles. The number of anilines is 1. The van der Waals surface area contributed by atoms with Crippen molar-refractivity contribution in [3.8, 4) is 11.8 Å². The molecule has 0 fully saturated rings. The molecule has 2 aromatic rings.